The van der Waals surface area contributed by atoms with Gasteiger partial charge in [0.1, 0.15) is 0 Å². The molecule has 9 heteroatoms. The highest BCUT2D eigenvalue weighted by molar-refractivity contribution is 7.89. The second-order valence-corrected chi connectivity index (χ2v) is 8.57. The zero-order valence-electron chi connectivity index (χ0n) is 16.8. The van der Waals surface area contributed by atoms with Crippen LogP contribution >= 0.6 is 0 Å². The van der Waals surface area contributed by atoms with Gasteiger partial charge in [-0.1, -0.05) is 26.7 Å². The summed E-state index contributed by atoms with van der Waals surface area (Å²) in [4.78, 5) is 6.76. The molecule has 0 bridgehead atoms. The SMILES string of the molecule is CCC(CC)C(CNC(=NC)NCCNS(=O)(=O)CC)N1CCOCC1. The van der Waals surface area contributed by atoms with E-state index < -0.39 is 10.0 Å². The van der Waals surface area contributed by atoms with Gasteiger partial charge in [0, 0.05) is 45.8 Å². The molecule has 1 aliphatic heterocycles. The molecule has 0 radical (unpaired) electrons. The van der Waals surface area contributed by atoms with Crippen LogP contribution in [0.1, 0.15) is 33.6 Å². The fraction of sp³-hybridized carbons (Fsp3) is 0.941. The van der Waals surface area contributed by atoms with E-state index in [1.54, 1.807) is 14.0 Å². The van der Waals surface area contributed by atoms with Gasteiger partial charge in [-0.15, -0.1) is 0 Å². The molecule has 0 aliphatic carbocycles. The van der Waals surface area contributed by atoms with Crippen LogP contribution in [-0.4, -0.2) is 84.1 Å². The number of hydrogen-bond acceptors (Lipinski definition) is 5. The van der Waals surface area contributed by atoms with E-state index >= 15 is 0 Å². The monoisotopic (exact) mass is 391 g/mol. The molecule has 3 N–H and O–H groups in total. The third kappa shape index (κ3) is 8.20. The quantitative estimate of drug-likeness (QED) is 0.265. The number of nitrogens with one attached hydrogen (secondary N) is 3. The van der Waals surface area contributed by atoms with Crippen LogP contribution < -0.4 is 15.4 Å². The lowest BCUT2D eigenvalue weighted by molar-refractivity contribution is 0.00272. The summed E-state index contributed by atoms with van der Waals surface area (Å²) in [6.07, 6.45) is 2.29. The maximum atomic E-state index is 11.4. The fourth-order valence-electron chi connectivity index (χ4n) is 3.25. The van der Waals surface area contributed by atoms with Gasteiger partial charge < -0.3 is 15.4 Å². The topological polar surface area (TPSA) is 95.1 Å². The summed E-state index contributed by atoms with van der Waals surface area (Å²) in [7, 11) is -1.42. The van der Waals surface area contributed by atoms with Gasteiger partial charge in [0.05, 0.1) is 19.0 Å². The zero-order chi connectivity index (χ0) is 19.4. The summed E-state index contributed by atoms with van der Waals surface area (Å²) >= 11 is 0. The molecule has 0 aromatic rings. The van der Waals surface area contributed by atoms with Gasteiger partial charge >= 0.3 is 0 Å². The van der Waals surface area contributed by atoms with Gasteiger partial charge in [-0.05, 0) is 12.8 Å². The Morgan fingerprint density at radius 2 is 1.77 bits per heavy atom. The van der Waals surface area contributed by atoms with Crippen molar-refractivity contribution in [3.05, 3.63) is 0 Å². The van der Waals surface area contributed by atoms with Gasteiger partial charge in [-0.3, -0.25) is 9.89 Å². The largest absolute Gasteiger partial charge is 0.379 e. The highest BCUT2D eigenvalue weighted by Crippen LogP contribution is 2.19. The molecule has 1 rings (SSSR count). The van der Waals surface area contributed by atoms with Crippen LogP contribution in [0.25, 0.3) is 0 Å². The Morgan fingerprint density at radius 3 is 2.31 bits per heavy atom. The molecule has 1 unspecified atom stereocenters. The molecule has 1 heterocycles. The molecular weight excluding hydrogens is 354 g/mol. The number of sulfonamides is 1. The predicted octanol–water partition coefficient (Wildman–Crippen LogP) is 0.228. The van der Waals surface area contributed by atoms with Crippen molar-refractivity contribution in [3.63, 3.8) is 0 Å². The molecule has 26 heavy (non-hydrogen) atoms. The maximum absolute atomic E-state index is 11.4. The Bertz CT molecular complexity index is 503. The van der Waals surface area contributed by atoms with Gasteiger partial charge in [-0.25, -0.2) is 13.1 Å². The van der Waals surface area contributed by atoms with E-state index in [4.69, 9.17) is 4.74 Å². The molecule has 0 spiro atoms. The number of guanidine groups is 1. The van der Waals surface area contributed by atoms with E-state index in [0.717, 1.165) is 45.7 Å². The Morgan fingerprint density at radius 1 is 1.12 bits per heavy atom. The molecule has 154 valence electrons. The number of morpholine rings is 1. The van der Waals surface area contributed by atoms with Crippen LogP contribution in [0.3, 0.4) is 0 Å². The van der Waals surface area contributed by atoms with E-state index in [9.17, 15) is 8.42 Å². The van der Waals surface area contributed by atoms with E-state index in [1.807, 2.05) is 0 Å². The molecule has 1 fully saturated rings. The minimum Gasteiger partial charge on any atom is -0.379 e. The first-order valence-electron chi connectivity index (χ1n) is 9.71. The van der Waals surface area contributed by atoms with Gasteiger partial charge in [-0.2, -0.15) is 0 Å². The summed E-state index contributed by atoms with van der Waals surface area (Å²) in [5.74, 6) is 1.41. The second-order valence-electron chi connectivity index (χ2n) is 6.47. The van der Waals surface area contributed by atoms with Crippen molar-refractivity contribution in [1.29, 1.82) is 0 Å². The third-order valence-electron chi connectivity index (χ3n) is 4.93. The van der Waals surface area contributed by atoms with E-state index in [1.165, 1.54) is 0 Å². The number of hydrogen-bond donors (Lipinski definition) is 3. The van der Waals surface area contributed by atoms with Gasteiger partial charge in [0.25, 0.3) is 0 Å². The first-order valence-corrected chi connectivity index (χ1v) is 11.4. The smallest absolute Gasteiger partial charge is 0.211 e. The van der Waals surface area contributed by atoms with Gasteiger partial charge in [0.2, 0.25) is 10.0 Å². The van der Waals surface area contributed by atoms with Crippen LogP contribution in [0.2, 0.25) is 0 Å². The number of nitrogens with zero attached hydrogens (tertiary/aromatic N) is 2. The Labute approximate surface area is 159 Å². The number of rotatable bonds is 11. The van der Waals surface area contributed by atoms with Crippen LogP contribution in [0, 0.1) is 5.92 Å². The van der Waals surface area contributed by atoms with Gasteiger partial charge in [0.15, 0.2) is 5.96 Å². The van der Waals surface area contributed by atoms with Crippen molar-refractivity contribution in [2.75, 3.05) is 58.7 Å². The first kappa shape index (κ1) is 23.1. The van der Waals surface area contributed by atoms with Crippen LogP contribution in [0.15, 0.2) is 4.99 Å². The summed E-state index contributed by atoms with van der Waals surface area (Å²) in [6, 6.07) is 0.436. The van der Waals surface area contributed by atoms with E-state index in [0.29, 0.717) is 31.0 Å². The fourth-order valence-corrected chi connectivity index (χ4v) is 3.86. The normalized spacial score (nSPS) is 18.1. The standard InChI is InChI=1S/C17H37N5O3S/c1-5-15(6-2)16(22-10-12-25-13-11-22)14-20-17(18-4)19-8-9-21-26(23,24)7-3/h15-16,21H,5-14H2,1-4H3,(H2,18,19,20). The number of ether oxygens (including phenoxy) is 1. The van der Waals surface area contributed by atoms with Crippen molar-refractivity contribution in [3.8, 4) is 0 Å². The maximum Gasteiger partial charge on any atom is 0.211 e. The lowest BCUT2D eigenvalue weighted by Gasteiger charge is -2.39. The van der Waals surface area contributed by atoms with Crippen molar-refractivity contribution in [2.24, 2.45) is 10.9 Å². The van der Waals surface area contributed by atoms with Crippen molar-refractivity contribution in [2.45, 2.75) is 39.7 Å². The summed E-state index contributed by atoms with van der Waals surface area (Å²) in [5.41, 5.74) is 0. The van der Waals surface area contributed by atoms with Crippen molar-refractivity contribution < 1.29 is 13.2 Å². The lowest BCUT2D eigenvalue weighted by Crippen LogP contribution is -2.53. The van der Waals surface area contributed by atoms with E-state index in [2.05, 4.69) is 39.1 Å². The molecule has 1 aliphatic rings. The Kier molecular flexibility index (Phi) is 11.1. The average molecular weight is 392 g/mol. The number of aliphatic imine (C=N–C) groups is 1. The molecule has 1 saturated heterocycles. The summed E-state index contributed by atoms with van der Waals surface area (Å²) < 4.78 is 30.9. The van der Waals surface area contributed by atoms with Crippen molar-refractivity contribution in [1.82, 2.24) is 20.3 Å². The zero-order valence-corrected chi connectivity index (χ0v) is 17.6. The molecule has 0 saturated carbocycles. The van der Waals surface area contributed by atoms with Crippen LogP contribution in [0.5, 0.6) is 0 Å². The van der Waals surface area contributed by atoms with Crippen LogP contribution in [0.4, 0.5) is 0 Å². The molecular formula is C17H37N5O3S. The predicted molar refractivity (Wildman–Crippen MR) is 107 cm³/mol. The Balaban J connectivity index is 2.50. The highest BCUT2D eigenvalue weighted by atomic mass is 32.2. The van der Waals surface area contributed by atoms with Crippen LogP contribution in [-0.2, 0) is 14.8 Å². The minimum absolute atomic E-state index is 0.0939. The first-order chi connectivity index (χ1) is 12.5. The molecule has 0 aromatic carbocycles. The highest BCUT2D eigenvalue weighted by Gasteiger charge is 2.26. The minimum atomic E-state index is -3.15. The Hall–Kier alpha value is -0.900. The molecule has 0 amide bonds. The molecule has 8 nitrogen and oxygen atoms in total. The van der Waals surface area contributed by atoms with Crippen molar-refractivity contribution >= 4 is 16.0 Å². The molecule has 0 aromatic heterocycles. The summed E-state index contributed by atoms with van der Waals surface area (Å²) in [5, 5.41) is 6.57. The lowest BCUT2D eigenvalue weighted by atomic mass is 9.92. The molecule has 1 atom stereocenters. The third-order valence-corrected chi connectivity index (χ3v) is 6.33. The average Bonchev–Trinajstić information content (AvgIpc) is 2.67. The second kappa shape index (κ2) is 12.5. The van der Waals surface area contributed by atoms with E-state index in [-0.39, 0.29) is 5.75 Å². The summed E-state index contributed by atoms with van der Waals surface area (Å²) in [6.45, 7) is 11.3.